The standard InChI is InChI=1S/C19H21ClN8O.C19H20ClN7O3.C18H16ClN9O.C18H21ClN8O.C18H20ClN7O2/c20-12-8-23-18-16(17(21)25-28(18)10-12)19(29)24-14-9-22-4-3-15(14)27-7-6-26-5-1-2-13(26)11-27;1-30-19(29)11-3-6-26(7-4-11)14-2-5-22-9-13(14)24-18(28)15-16(21)25-27-10-12(20)8-23-17(15)27;19-11-5-23-17-15(16(20)25-28(17)8-11)18(29)24-13-7-21-2-1-14(13)26-3-4-27-10-22-6-12(27)9-26;1-11-9-25(2)5-6-26(11)14-3-4-21-8-13(14)23-18(28)15-16(20)24-27-10-12(19)7-22-17(15)27;1-28-12-3-6-25(7-4-12)14-2-5-21-9-13(14)23-18(27)15-16(20)24-26-10-11(19)8-22-17(15)26/h3-4,8-10,13H,1-2,5-7,11H2,(H2,21,25)(H,24,29);2,5,8-11H,3-4,6-7H2,1H3,(H2,21,25)(H,24,28);1-2,5-8,10H,3-4,9H2,(H2,20,25)(H,24,29);3-4,7-8,10-11H,5-6,9H2,1-2H3,(H2,20,24)(H,23,28);2,5,8-10,12H,3-4,6-7H2,1H3,(H2,20,24)(H,23,27)/t13-;;;;/m0..../s1. The lowest BCUT2D eigenvalue weighted by Gasteiger charge is -2.40. The Morgan fingerprint density at radius 1 is 0.375 bits per heavy atom. The molecule has 5 amide bonds. The van der Waals surface area contributed by atoms with E-state index in [0.717, 1.165) is 112 Å². The number of piperazine rings is 2. The van der Waals surface area contributed by atoms with Crippen LogP contribution in [0.5, 0.6) is 0 Å². The summed E-state index contributed by atoms with van der Waals surface area (Å²) in [7, 11) is 5.25. The minimum absolute atomic E-state index is 0.0478. The van der Waals surface area contributed by atoms with Crippen molar-refractivity contribution in [3.8, 4) is 0 Å². The summed E-state index contributed by atoms with van der Waals surface area (Å²) in [6.45, 7) is 14.3. The van der Waals surface area contributed by atoms with Gasteiger partial charge in [-0.1, -0.05) is 58.0 Å². The van der Waals surface area contributed by atoms with Gasteiger partial charge >= 0.3 is 5.97 Å². The highest BCUT2D eigenvalue weighted by molar-refractivity contribution is 6.32. The fourth-order valence-corrected chi connectivity index (χ4v) is 19.1. The molecule has 15 N–H and O–H groups in total. The van der Waals surface area contributed by atoms with Crippen LogP contribution in [0.15, 0.2) is 167 Å². The normalized spacial score (nSPS) is 16.1. The van der Waals surface area contributed by atoms with Crippen molar-refractivity contribution in [3.63, 3.8) is 0 Å². The number of carbonyl (C=O) groups excluding carboxylic acids is 6. The van der Waals surface area contributed by atoms with E-state index in [4.69, 9.17) is 96.1 Å². The zero-order chi connectivity index (χ0) is 101. The third-order valence-corrected chi connectivity index (χ3v) is 26.3. The fraction of sp³-hybridized carbons (Fsp3) is 0.304. The van der Waals surface area contributed by atoms with Gasteiger partial charge in [-0.2, -0.15) is 0 Å². The van der Waals surface area contributed by atoms with Crippen molar-refractivity contribution in [1.29, 1.82) is 0 Å². The number of amides is 5. The van der Waals surface area contributed by atoms with Crippen LogP contribution in [-0.2, 0) is 27.4 Å². The van der Waals surface area contributed by atoms with E-state index in [1.54, 1.807) is 93.9 Å². The highest BCUT2D eigenvalue weighted by atomic mass is 35.5. The molecule has 6 aliphatic rings. The monoisotopic (exact) mass is 2050 g/mol. The average molecular weight is 2060 g/mol. The second kappa shape index (κ2) is 43.3. The molecule has 5 fully saturated rings. The van der Waals surface area contributed by atoms with E-state index in [-0.39, 0.29) is 80.8 Å². The Morgan fingerprint density at radius 3 is 1.09 bits per heavy atom. The summed E-state index contributed by atoms with van der Waals surface area (Å²) in [6.07, 6.45) is 41.3. The Labute approximate surface area is 845 Å². The maximum atomic E-state index is 13.0. The second-order valence-electron chi connectivity index (χ2n) is 34.5. The number of rotatable bonds is 17. The van der Waals surface area contributed by atoms with Crippen molar-refractivity contribution >= 4 is 208 Å². The van der Waals surface area contributed by atoms with E-state index in [1.165, 1.54) is 86.3 Å². The number of anilines is 15. The van der Waals surface area contributed by atoms with Gasteiger partial charge < -0.3 is 98.7 Å². The van der Waals surface area contributed by atoms with Crippen molar-refractivity contribution in [3.05, 3.63) is 225 Å². The van der Waals surface area contributed by atoms with Gasteiger partial charge in [0, 0.05) is 166 Å². The molecule has 2 atom stereocenters. The smallest absolute Gasteiger partial charge is 0.308 e. The Morgan fingerprint density at radius 2 is 0.722 bits per heavy atom. The number of pyridine rings is 5. The molecular weight excluding hydrogens is 1960 g/mol. The van der Waals surface area contributed by atoms with Crippen LogP contribution < -0.4 is 79.8 Å². The van der Waals surface area contributed by atoms with Gasteiger partial charge in [0.2, 0.25) is 0 Å². The van der Waals surface area contributed by atoms with Gasteiger partial charge in [0.1, 0.15) is 27.8 Å². The average Bonchev–Trinajstić information content (AvgIpc) is 1.62. The summed E-state index contributed by atoms with van der Waals surface area (Å²) in [6, 6.07) is 10.3. The van der Waals surface area contributed by atoms with Crippen molar-refractivity contribution in [2.45, 2.75) is 76.7 Å². The molecule has 0 radical (unpaired) electrons. The summed E-state index contributed by atoms with van der Waals surface area (Å²) in [4.78, 5) is 139. The first-order valence-corrected chi connectivity index (χ1v) is 47.6. The quantitative estimate of drug-likeness (QED) is 0.0379. The van der Waals surface area contributed by atoms with Crippen LogP contribution in [-0.4, -0.2) is 271 Å². The molecule has 0 saturated carbocycles. The van der Waals surface area contributed by atoms with Crippen LogP contribution in [0.1, 0.15) is 103 Å². The molecule has 47 nitrogen and oxygen atoms in total. The fourth-order valence-electron chi connectivity index (χ4n) is 18.4. The van der Waals surface area contributed by atoms with E-state index in [2.05, 4.69) is 160 Å². The lowest BCUT2D eigenvalue weighted by molar-refractivity contribution is -0.146. The predicted molar refractivity (Wildman–Crippen MR) is 547 cm³/mol. The maximum Gasteiger partial charge on any atom is 0.308 e. The molecule has 0 spiro atoms. The molecule has 0 aromatic carbocycles. The number of nitrogens with one attached hydrogen (secondary N) is 5. The van der Waals surface area contributed by atoms with Crippen molar-refractivity contribution < 1.29 is 38.2 Å². The van der Waals surface area contributed by atoms with Crippen molar-refractivity contribution in [2.75, 3.05) is 180 Å². The first-order valence-electron chi connectivity index (χ1n) is 45.7. The first kappa shape index (κ1) is 98.4. The number of likely N-dealkylation sites (N-methyl/N-ethyl adjacent to an activating group) is 1. The zero-order valence-corrected chi connectivity index (χ0v) is 81.8. The van der Waals surface area contributed by atoms with Gasteiger partial charge in [-0.3, -0.25) is 58.6 Å². The van der Waals surface area contributed by atoms with Gasteiger partial charge in [0.15, 0.2) is 57.3 Å². The van der Waals surface area contributed by atoms with Gasteiger partial charge in [-0.15, -0.1) is 25.5 Å². The second-order valence-corrected chi connectivity index (χ2v) is 36.7. The van der Waals surface area contributed by atoms with Crippen LogP contribution in [0.25, 0.3) is 28.2 Å². The number of nitrogens with zero attached hydrogens (tertiary/aromatic N) is 29. The van der Waals surface area contributed by atoms with Crippen LogP contribution in [0, 0.1) is 5.92 Å². The number of aromatic nitrogens is 22. The Bertz CT molecular complexity index is 7490. The third-order valence-electron chi connectivity index (χ3n) is 25.4. The first-order chi connectivity index (χ1) is 69.7. The molecule has 16 aromatic heterocycles. The number of piperidine rings is 2. The largest absolute Gasteiger partial charge is 0.469 e. The summed E-state index contributed by atoms with van der Waals surface area (Å²) < 4.78 is 19.4. The number of nitrogen functional groups attached to an aromatic ring is 5. The maximum absolute atomic E-state index is 13.0. The highest BCUT2D eigenvalue weighted by Gasteiger charge is 2.36. The zero-order valence-electron chi connectivity index (χ0n) is 78.1. The number of hydrogen-bond acceptors (Lipinski definition) is 36. The topological polar surface area (TPSA) is 567 Å². The third kappa shape index (κ3) is 21.5. The van der Waals surface area contributed by atoms with E-state index >= 15 is 0 Å². The molecule has 5 saturated heterocycles. The Kier molecular flexibility index (Phi) is 29.6. The summed E-state index contributed by atoms with van der Waals surface area (Å²) in [5.41, 5.74) is 41.1. The molecule has 22 heterocycles. The molecule has 52 heteroatoms. The lowest BCUT2D eigenvalue weighted by atomic mass is 9.96. The number of halogens is 5. The van der Waals surface area contributed by atoms with Crippen LogP contribution in [0.2, 0.25) is 25.1 Å². The molecule has 144 heavy (non-hydrogen) atoms. The van der Waals surface area contributed by atoms with Gasteiger partial charge in [0.25, 0.3) is 29.5 Å². The molecule has 0 aliphatic carbocycles. The number of fused-ring (bicyclic) bond motifs is 7. The van der Waals surface area contributed by atoms with Crippen LogP contribution in [0.4, 0.5) is 86.0 Å². The van der Waals surface area contributed by atoms with Crippen LogP contribution >= 0.6 is 58.0 Å². The number of imidazole rings is 1. The summed E-state index contributed by atoms with van der Waals surface area (Å²) in [5, 5.41) is 37.1. The molecular formula is C92H98Cl5N39O8. The van der Waals surface area contributed by atoms with E-state index in [1.807, 2.05) is 42.9 Å². The number of carbonyl (C=O) groups is 6. The van der Waals surface area contributed by atoms with Crippen molar-refractivity contribution in [2.24, 2.45) is 5.92 Å². The van der Waals surface area contributed by atoms with Gasteiger partial charge in [-0.25, -0.2) is 52.5 Å². The van der Waals surface area contributed by atoms with E-state index < -0.39 is 23.6 Å². The summed E-state index contributed by atoms with van der Waals surface area (Å²) >= 11 is 29.7. The van der Waals surface area contributed by atoms with E-state index in [0.29, 0.717) is 126 Å². The minimum Gasteiger partial charge on any atom is -0.469 e. The molecule has 16 aromatic rings. The molecule has 22 rings (SSSR count). The van der Waals surface area contributed by atoms with Crippen molar-refractivity contribution in [1.82, 2.24) is 117 Å². The molecule has 0 bridgehead atoms. The Balaban J connectivity index is 0.000000118. The SMILES string of the molecule is CC1CN(C)CCN1c1ccncc1NC(=O)c1c(N)nn2cc(Cl)cnc12.COC(=O)C1CCN(c2ccncc2NC(=O)c2c(N)nn3cc(Cl)cnc23)CC1.COC1CCN(c2ccncc2NC(=O)c2c(N)nn3cc(Cl)cnc23)CC1.Nc1nn2cc(Cl)cnc2c1C(=O)Nc1cnccc1N1CCN2CCC[C@H]2C1.Nc1nn2cc(Cl)cnc2c1C(=O)Nc1cnccc1N1CCn2cncc2C1. The number of methoxy groups -OCH3 is 2. The van der Waals surface area contributed by atoms with Crippen LogP contribution in [0.3, 0.4) is 0 Å². The van der Waals surface area contributed by atoms with Gasteiger partial charge in [-0.05, 0) is 89.4 Å². The molecule has 6 aliphatic heterocycles. The molecule has 1 unspecified atom stereocenters. The number of esters is 1. The predicted octanol–water partition coefficient (Wildman–Crippen LogP) is 9.71. The summed E-state index contributed by atoms with van der Waals surface area (Å²) in [5.74, 6) is -1.93. The molecule has 744 valence electrons. The van der Waals surface area contributed by atoms with Gasteiger partial charge in [0.05, 0.1) is 182 Å². The van der Waals surface area contributed by atoms with E-state index in [9.17, 15) is 28.8 Å². The number of ether oxygens (including phenoxy) is 2. The lowest BCUT2D eigenvalue weighted by Crippen LogP contribution is -2.50. The highest BCUT2D eigenvalue weighted by Crippen LogP contribution is 2.38. The number of hydrogen-bond donors (Lipinski definition) is 10. The number of nitrogens with two attached hydrogens (primary N) is 5. The Hall–Kier alpha value is -15.8. The minimum atomic E-state index is -0.448.